The largest absolute Gasteiger partial charge is 0.383 e. The molecule has 2 aromatic rings. The second-order valence-electron chi connectivity index (χ2n) is 4.78. The van der Waals surface area contributed by atoms with Gasteiger partial charge >= 0.3 is 0 Å². The summed E-state index contributed by atoms with van der Waals surface area (Å²) in [6.07, 6.45) is 0. The summed E-state index contributed by atoms with van der Waals surface area (Å²) in [6.45, 7) is 3.32. The number of halogens is 2. The Balaban J connectivity index is 0.00000264. The number of nitrogens with one attached hydrogen (secondary N) is 2. The molecule has 0 bridgehead atoms. The number of aromatic nitrogens is 2. The lowest BCUT2D eigenvalue weighted by Gasteiger charge is -2.09. The maximum Gasteiger partial charge on any atom is 0.239 e. The van der Waals surface area contributed by atoms with E-state index in [2.05, 4.69) is 31.7 Å². The summed E-state index contributed by atoms with van der Waals surface area (Å²) in [7, 11) is 1.63. The van der Waals surface area contributed by atoms with Crippen LogP contribution in [0.1, 0.15) is 5.69 Å². The zero-order chi connectivity index (χ0) is 15.9. The first-order chi connectivity index (χ1) is 10.6. The Hall–Kier alpha value is -1.41. The molecule has 0 unspecified atom stereocenters. The molecule has 0 saturated heterocycles. The molecule has 0 aliphatic rings. The van der Waals surface area contributed by atoms with Crippen LogP contribution in [-0.2, 0) is 9.53 Å². The minimum absolute atomic E-state index is 0. The summed E-state index contributed by atoms with van der Waals surface area (Å²) in [5.74, 6) is 0.529. The van der Waals surface area contributed by atoms with Crippen molar-refractivity contribution >= 4 is 40.1 Å². The Bertz CT molecular complexity index is 648. The van der Waals surface area contributed by atoms with E-state index in [1.807, 2.05) is 37.3 Å². The van der Waals surface area contributed by atoms with Crippen molar-refractivity contribution in [3.63, 3.8) is 0 Å². The van der Waals surface area contributed by atoms with Gasteiger partial charge in [-0.25, -0.2) is 4.68 Å². The molecule has 2 N–H and O–H groups in total. The van der Waals surface area contributed by atoms with Crippen LogP contribution >= 0.6 is 28.3 Å². The van der Waals surface area contributed by atoms with Crippen LogP contribution in [0.15, 0.2) is 34.8 Å². The average molecular weight is 404 g/mol. The fourth-order valence-electron chi connectivity index (χ4n) is 1.96. The first-order valence-corrected chi connectivity index (χ1v) is 7.71. The van der Waals surface area contributed by atoms with Gasteiger partial charge in [-0.2, -0.15) is 5.10 Å². The van der Waals surface area contributed by atoms with E-state index < -0.39 is 0 Å². The second kappa shape index (κ2) is 9.67. The number of anilines is 1. The fourth-order valence-corrected chi connectivity index (χ4v) is 2.34. The molecule has 0 atom stereocenters. The highest BCUT2D eigenvalue weighted by Gasteiger charge is 2.11. The van der Waals surface area contributed by atoms with Gasteiger partial charge in [-0.1, -0.05) is 22.0 Å². The number of carbonyl (C=O) groups is 1. The van der Waals surface area contributed by atoms with Gasteiger partial charge < -0.3 is 15.4 Å². The number of hydrogen-bond donors (Lipinski definition) is 2. The van der Waals surface area contributed by atoms with Gasteiger partial charge in [0, 0.05) is 24.2 Å². The third-order valence-electron chi connectivity index (χ3n) is 2.92. The van der Waals surface area contributed by atoms with Crippen LogP contribution in [0.25, 0.3) is 5.69 Å². The van der Waals surface area contributed by atoms with Gasteiger partial charge in [0.15, 0.2) is 0 Å². The molecule has 1 heterocycles. The molecule has 1 aromatic carbocycles. The lowest BCUT2D eigenvalue weighted by Crippen LogP contribution is -2.30. The molecule has 6 nitrogen and oxygen atoms in total. The number of ether oxygens (including phenoxy) is 1. The van der Waals surface area contributed by atoms with Gasteiger partial charge in [-0.05, 0) is 25.1 Å². The SMILES string of the molecule is COCCNCC(=O)Nc1cc(C)nn1-c1cccc(Br)c1.Cl. The Labute approximate surface area is 150 Å². The Morgan fingerprint density at radius 3 is 2.87 bits per heavy atom. The topological polar surface area (TPSA) is 68.2 Å². The normalized spacial score (nSPS) is 10.2. The van der Waals surface area contributed by atoms with Gasteiger partial charge in [0.2, 0.25) is 5.91 Å². The average Bonchev–Trinajstić information content (AvgIpc) is 2.84. The van der Waals surface area contributed by atoms with Crippen molar-refractivity contribution in [1.82, 2.24) is 15.1 Å². The summed E-state index contributed by atoms with van der Waals surface area (Å²) in [5, 5.41) is 10.3. The standard InChI is InChI=1S/C15H19BrN4O2.ClH/c1-11-8-14(18-15(21)10-17-6-7-22-2)20(19-11)13-5-3-4-12(16)9-13;/h3-5,8-9,17H,6-7,10H2,1-2H3,(H,18,21);1H. The number of aryl methyl sites for hydroxylation is 1. The lowest BCUT2D eigenvalue weighted by molar-refractivity contribution is -0.115. The molecule has 0 saturated carbocycles. The third kappa shape index (κ3) is 5.95. The van der Waals surface area contributed by atoms with Gasteiger partial charge in [0.05, 0.1) is 24.5 Å². The maximum absolute atomic E-state index is 12.0. The highest BCUT2D eigenvalue weighted by atomic mass is 79.9. The van der Waals surface area contributed by atoms with Crippen molar-refractivity contribution in [3.8, 4) is 5.69 Å². The first-order valence-electron chi connectivity index (χ1n) is 6.92. The van der Waals surface area contributed by atoms with Crippen molar-refractivity contribution in [3.05, 3.63) is 40.5 Å². The van der Waals surface area contributed by atoms with E-state index in [0.717, 1.165) is 15.9 Å². The molecule has 0 aliphatic heterocycles. The monoisotopic (exact) mass is 402 g/mol. The number of methoxy groups -OCH3 is 1. The van der Waals surface area contributed by atoms with E-state index in [1.54, 1.807) is 11.8 Å². The van der Waals surface area contributed by atoms with E-state index in [4.69, 9.17) is 4.74 Å². The predicted molar refractivity (Wildman–Crippen MR) is 96.6 cm³/mol. The van der Waals surface area contributed by atoms with Crippen LogP contribution in [0.4, 0.5) is 5.82 Å². The van der Waals surface area contributed by atoms with E-state index >= 15 is 0 Å². The number of hydrogen-bond acceptors (Lipinski definition) is 4. The number of amides is 1. The van der Waals surface area contributed by atoms with Crippen molar-refractivity contribution in [2.75, 3.05) is 32.1 Å². The zero-order valence-electron chi connectivity index (χ0n) is 13.0. The lowest BCUT2D eigenvalue weighted by atomic mass is 10.3. The van der Waals surface area contributed by atoms with Crippen molar-refractivity contribution < 1.29 is 9.53 Å². The van der Waals surface area contributed by atoms with E-state index in [0.29, 0.717) is 19.0 Å². The summed E-state index contributed by atoms with van der Waals surface area (Å²) >= 11 is 3.44. The molecule has 0 aliphatic carbocycles. The molecule has 2 rings (SSSR count). The molecule has 1 aromatic heterocycles. The van der Waals surface area contributed by atoms with Crippen LogP contribution < -0.4 is 10.6 Å². The van der Waals surface area contributed by atoms with Gasteiger partial charge in [0.25, 0.3) is 0 Å². The van der Waals surface area contributed by atoms with Crippen molar-refractivity contribution in [2.45, 2.75) is 6.92 Å². The van der Waals surface area contributed by atoms with Crippen LogP contribution in [0.2, 0.25) is 0 Å². The number of rotatable bonds is 7. The molecule has 0 spiro atoms. The van der Waals surface area contributed by atoms with Gasteiger partial charge in [-0.15, -0.1) is 12.4 Å². The fraction of sp³-hybridized carbons (Fsp3) is 0.333. The minimum Gasteiger partial charge on any atom is -0.383 e. The second-order valence-corrected chi connectivity index (χ2v) is 5.70. The Morgan fingerprint density at radius 1 is 1.39 bits per heavy atom. The third-order valence-corrected chi connectivity index (χ3v) is 3.41. The quantitative estimate of drug-likeness (QED) is 0.697. The minimum atomic E-state index is -0.118. The highest BCUT2D eigenvalue weighted by Crippen LogP contribution is 2.20. The molecule has 1 amide bonds. The molecular weight excluding hydrogens is 384 g/mol. The Kier molecular flexibility index (Phi) is 8.25. The van der Waals surface area contributed by atoms with Gasteiger partial charge in [-0.3, -0.25) is 4.79 Å². The van der Waals surface area contributed by atoms with E-state index in [9.17, 15) is 4.79 Å². The molecule has 126 valence electrons. The predicted octanol–water partition coefficient (Wildman–Crippen LogP) is 2.54. The van der Waals surface area contributed by atoms with Crippen molar-refractivity contribution in [2.24, 2.45) is 0 Å². The van der Waals surface area contributed by atoms with Crippen molar-refractivity contribution in [1.29, 1.82) is 0 Å². The summed E-state index contributed by atoms with van der Waals surface area (Å²) in [5.41, 5.74) is 1.72. The van der Waals surface area contributed by atoms with Crippen LogP contribution in [0, 0.1) is 6.92 Å². The van der Waals surface area contributed by atoms with Crippen LogP contribution in [0.3, 0.4) is 0 Å². The van der Waals surface area contributed by atoms with E-state index in [-0.39, 0.29) is 24.9 Å². The zero-order valence-corrected chi connectivity index (χ0v) is 15.4. The number of carbonyl (C=O) groups excluding carboxylic acids is 1. The highest BCUT2D eigenvalue weighted by molar-refractivity contribution is 9.10. The molecular formula is C15H20BrClN4O2. The van der Waals surface area contributed by atoms with Gasteiger partial charge in [0.1, 0.15) is 5.82 Å². The molecule has 8 heteroatoms. The first kappa shape index (κ1) is 19.6. The summed E-state index contributed by atoms with van der Waals surface area (Å²) in [6, 6.07) is 9.59. The maximum atomic E-state index is 12.0. The molecule has 0 radical (unpaired) electrons. The summed E-state index contributed by atoms with van der Waals surface area (Å²) in [4.78, 5) is 12.0. The smallest absolute Gasteiger partial charge is 0.239 e. The van der Waals surface area contributed by atoms with Crippen LogP contribution in [0.5, 0.6) is 0 Å². The molecule has 0 fully saturated rings. The number of nitrogens with zero attached hydrogens (tertiary/aromatic N) is 2. The van der Waals surface area contributed by atoms with Crippen LogP contribution in [-0.4, -0.2) is 42.5 Å². The molecule has 23 heavy (non-hydrogen) atoms. The van der Waals surface area contributed by atoms with E-state index in [1.165, 1.54) is 0 Å². The Morgan fingerprint density at radius 2 is 2.17 bits per heavy atom. The number of benzene rings is 1. The summed E-state index contributed by atoms with van der Waals surface area (Å²) < 4.78 is 7.59.